The van der Waals surface area contributed by atoms with Crippen LogP contribution < -0.4 is 0 Å². The highest BCUT2D eigenvalue weighted by Gasteiger charge is 2.10. The molecule has 0 aliphatic heterocycles. The van der Waals surface area contributed by atoms with Gasteiger partial charge >= 0.3 is 6.26 Å². The smallest absolute Gasteiger partial charge is 0.301 e. The standard InChI is InChI=1S/C9H9NO2S.C2H6/c1-8-5-3-4-6-9(8)13(2,11)12-7-10;1-2/h3-6H,2H2,1H3;1-2H3. The Labute approximate surface area is 91.5 Å². The Balaban J connectivity index is 0.000000921. The summed E-state index contributed by atoms with van der Waals surface area (Å²) in [5.74, 6) is 3.37. The lowest BCUT2D eigenvalue weighted by Crippen LogP contribution is -2.03. The van der Waals surface area contributed by atoms with Gasteiger partial charge in [-0.1, -0.05) is 32.0 Å². The van der Waals surface area contributed by atoms with Gasteiger partial charge in [-0.2, -0.15) is 0 Å². The van der Waals surface area contributed by atoms with E-state index in [0.717, 1.165) is 5.56 Å². The zero-order valence-electron chi connectivity index (χ0n) is 9.19. The van der Waals surface area contributed by atoms with Gasteiger partial charge in [-0.25, -0.2) is 4.21 Å². The maximum atomic E-state index is 11.7. The number of nitriles is 1. The molecule has 0 amide bonds. The highest BCUT2D eigenvalue weighted by atomic mass is 32.2. The van der Waals surface area contributed by atoms with Crippen molar-refractivity contribution < 1.29 is 8.39 Å². The van der Waals surface area contributed by atoms with Crippen LogP contribution in [0.1, 0.15) is 19.4 Å². The monoisotopic (exact) mass is 225 g/mol. The Morgan fingerprint density at radius 1 is 1.40 bits per heavy atom. The first-order valence-corrected chi connectivity index (χ1v) is 6.23. The van der Waals surface area contributed by atoms with Crippen LogP contribution in [0.5, 0.6) is 0 Å². The average molecular weight is 225 g/mol. The number of hydrogen-bond acceptors (Lipinski definition) is 3. The molecule has 0 bridgehead atoms. The highest BCUT2D eigenvalue weighted by molar-refractivity contribution is 7.96. The van der Waals surface area contributed by atoms with Gasteiger partial charge in [-0.3, -0.25) is 0 Å². The van der Waals surface area contributed by atoms with Gasteiger partial charge in [0.05, 0.1) is 4.90 Å². The van der Waals surface area contributed by atoms with E-state index >= 15 is 0 Å². The van der Waals surface area contributed by atoms with Gasteiger partial charge in [-0.15, -0.1) is 5.26 Å². The second-order valence-electron chi connectivity index (χ2n) is 2.55. The predicted molar refractivity (Wildman–Crippen MR) is 62.8 cm³/mol. The fourth-order valence-corrected chi connectivity index (χ4v) is 2.07. The molecule has 4 heteroatoms. The van der Waals surface area contributed by atoms with Crippen molar-refractivity contribution in [3.8, 4) is 6.26 Å². The third-order valence-electron chi connectivity index (χ3n) is 1.60. The zero-order valence-corrected chi connectivity index (χ0v) is 10.0. The van der Waals surface area contributed by atoms with Crippen LogP contribution in [-0.2, 0) is 14.0 Å². The Hall–Kier alpha value is -1.47. The molecule has 0 spiro atoms. The SMILES string of the molecule is C=S(=O)(OC#N)c1ccccc1C.CC. The van der Waals surface area contributed by atoms with Crippen molar-refractivity contribution in [2.24, 2.45) is 0 Å². The average Bonchev–Trinajstić information content (AvgIpc) is 2.21. The first-order valence-electron chi connectivity index (χ1n) is 4.58. The van der Waals surface area contributed by atoms with Crippen LogP contribution in [0.4, 0.5) is 0 Å². The van der Waals surface area contributed by atoms with E-state index in [-0.39, 0.29) is 0 Å². The molecular weight excluding hydrogens is 210 g/mol. The van der Waals surface area contributed by atoms with Crippen molar-refractivity contribution in [3.63, 3.8) is 0 Å². The van der Waals surface area contributed by atoms with Crippen molar-refractivity contribution in [1.29, 1.82) is 5.26 Å². The molecule has 0 fully saturated rings. The topological polar surface area (TPSA) is 50.1 Å². The molecule has 15 heavy (non-hydrogen) atoms. The van der Waals surface area contributed by atoms with E-state index in [1.165, 1.54) is 6.26 Å². The largest absolute Gasteiger partial charge is 0.329 e. The van der Waals surface area contributed by atoms with Gasteiger partial charge < -0.3 is 4.18 Å². The number of aryl methyl sites for hydroxylation is 1. The summed E-state index contributed by atoms with van der Waals surface area (Å²) in [7, 11) is -2.90. The molecule has 82 valence electrons. The van der Waals surface area contributed by atoms with Crippen molar-refractivity contribution in [1.82, 2.24) is 0 Å². The zero-order chi connectivity index (χ0) is 11.9. The second kappa shape index (κ2) is 6.10. The maximum Gasteiger partial charge on any atom is 0.301 e. The van der Waals surface area contributed by atoms with Crippen LogP contribution >= 0.6 is 0 Å². The maximum absolute atomic E-state index is 11.7. The van der Waals surface area contributed by atoms with Crippen LogP contribution in [0, 0.1) is 18.4 Å². The summed E-state index contributed by atoms with van der Waals surface area (Å²) in [5.41, 5.74) is 0.803. The van der Waals surface area contributed by atoms with Crippen molar-refractivity contribution in [3.05, 3.63) is 29.8 Å². The minimum absolute atomic E-state index is 0.469. The van der Waals surface area contributed by atoms with E-state index in [4.69, 9.17) is 5.26 Å². The summed E-state index contributed by atoms with van der Waals surface area (Å²) >= 11 is 0. The lowest BCUT2D eigenvalue weighted by atomic mass is 10.2. The molecule has 1 rings (SSSR count). The van der Waals surface area contributed by atoms with Crippen LogP contribution in [0.15, 0.2) is 29.2 Å². The van der Waals surface area contributed by atoms with Crippen molar-refractivity contribution in [2.45, 2.75) is 25.7 Å². The number of rotatable bonds is 2. The molecule has 0 radical (unpaired) electrons. The Morgan fingerprint density at radius 3 is 2.40 bits per heavy atom. The molecular formula is C11H15NO2S. The van der Waals surface area contributed by atoms with Gasteiger partial charge in [0, 0.05) is 0 Å². The molecule has 0 aliphatic carbocycles. The van der Waals surface area contributed by atoms with Crippen molar-refractivity contribution >= 4 is 15.7 Å². The summed E-state index contributed by atoms with van der Waals surface area (Å²) in [6.45, 7) is 5.79. The van der Waals surface area contributed by atoms with E-state index in [9.17, 15) is 4.21 Å². The number of hydrogen-bond donors (Lipinski definition) is 0. The Kier molecular flexibility index (Phi) is 5.50. The van der Waals surface area contributed by atoms with E-state index in [2.05, 4.69) is 10.1 Å². The fraction of sp³-hybridized carbons (Fsp3) is 0.273. The quantitative estimate of drug-likeness (QED) is 0.574. The normalized spacial score (nSPS) is 12.7. The third kappa shape index (κ3) is 3.64. The Morgan fingerprint density at radius 2 is 1.93 bits per heavy atom. The van der Waals surface area contributed by atoms with E-state index in [0.29, 0.717) is 4.90 Å². The second-order valence-corrected chi connectivity index (χ2v) is 4.39. The van der Waals surface area contributed by atoms with Gasteiger partial charge in [0.25, 0.3) is 0 Å². The van der Waals surface area contributed by atoms with E-state index in [1.54, 1.807) is 25.1 Å². The molecule has 1 aromatic carbocycles. The lowest BCUT2D eigenvalue weighted by Gasteiger charge is -2.07. The molecule has 0 saturated heterocycles. The molecule has 0 saturated carbocycles. The highest BCUT2D eigenvalue weighted by Crippen LogP contribution is 2.15. The van der Waals surface area contributed by atoms with Gasteiger partial charge in [-0.05, 0) is 24.4 Å². The van der Waals surface area contributed by atoms with Crippen LogP contribution in [0.3, 0.4) is 0 Å². The van der Waals surface area contributed by atoms with Crippen LogP contribution in [0.25, 0.3) is 0 Å². The minimum atomic E-state index is -2.90. The number of nitrogens with zero attached hydrogens (tertiary/aromatic N) is 1. The number of benzene rings is 1. The predicted octanol–water partition coefficient (Wildman–Crippen LogP) is 2.51. The van der Waals surface area contributed by atoms with E-state index < -0.39 is 9.80 Å². The summed E-state index contributed by atoms with van der Waals surface area (Å²) in [6.07, 6.45) is 1.40. The summed E-state index contributed by atoms with van der Waals surface area (Å²) in [6, 6.07) is 6.98. The molecule has 3 nitrogen and oxygen atoms in total. The van der Waals surface area contributed by atoms with Gasteiger partial charge in [0.1, 0.15) is 0 Å². The molecule has 0 aromatic heterocycles. The first kappa shape index (κ1) is 13.5. The third-order valence-corrected chi connectivity index (χ3v) is 3.07. The van der Waals surface area contributed by atoms with Crippen molar-refractivity contribution in [2.75, 3.05) is 0 Å². The minimum Gasteiger partial charge on any atom is -0.329 e. The molecule has 0 heterocycles. The van der Waals surface area contributed by atoms with Crippen LogP contribution in [0.2, 0.25) is 0 Å². The molecule has 0 aliphatic rings. The summed E-state index contributed by atoms with van der Waals surface area (Å²) in [5, 5.41) is 8.26. The summed E-state index contributed by atoms with van der Waals surface area (Å²) in [4.78, 5) is 0.469. The fourth-order valence-electron chi connectivity index (χ4n) is 1.01. The Bertz CT molecular complexity index is 444. The molecule has 0 N–H and O–H groups in total. The lowest BCUT2D eigenvalue weighted by molar-refractivity contribution is 0.522. The molecule has 1 atom stereocenters. The first-order chi connectivity index (χ1) is 7.08. The molecule has 1 aromatic rings. The molecule has 1 unspecified atom stereocenters. The summed E-state index contributed by atoms with van der Waals surface area (Å²) < 4.78 is 16.1. The van der Waals surface area contributed by atoms with Crippen LogP contribution in [-0.4, -0.2) is 10.1 Å². The van der Waals surface area contributed by atoms with Gasteiger partial charge in [0.2, 0.25) is 0 Å². The van der Waals surface area contributed by atoms with Gasteiger partial charge in [0.15, 0.2) is 9.80 Å². The van der Waals surface area contributed by atoms with E-state index in [1.807, 2.05) is 19.9 Å².